The van der Waals surface area contributed by atoms with Crippen LogP contribution in [-0.2, 0) is 16.1 Å². The molecule has 1 aliphatic heterocycles. The second-order valence-electron chi connectivity index (χ2n) is 7.75. The molecule has 7 heteroatoms. The van der Waals surface area contributed by atoms with E-state index in [0.29, 0.717) is 29.0 Å². The third-order valence-electron chi connectivity index (χ3n) is 5.57. The first-order chi connectivity index (χ1) is 15.9. The number of rotatable bonds is 6. The summed E-state index contributed by atoms with van der Waals surface area (Å²) in [4.78, 5) is 31.6. The van der Waals surface area contributed by atoms with Crippen LogP contribution in [0.25, 0.3) is 5.76 Å². The first-order valence-electron chi connectivity index (χ1n) is 10.6. The molecule has 1 aromatic heterocycles. The number of hydrogen-bond acceptors (Lipinski definition) is 5. The molecule has 1 amide bonds. The predicted molar refractivity (Wildman–Crippen MR) is 121 cm³/mol. The molecule has 4 rings (SSSR count). The van der Waals surface area contributed by atoms with Gasteiger partial charge in [-0.05, 0) is 66.9 Å². The first kappa shape index (κ1) is 22.2. The molecule has 1 N–H and O–H groups in total. The predicted octanol–water partition coefficient (Wildman–Crippen LogP) is 4.55. The van der Waals surface area contributed by atoms with E-state index in [-0.39, 0.29) is 17.9 Å². The number of benzene rings is 2. The number of ether oxygens (including phenoxy) is 1. The molecule has 2 heterocycles. The fraction of sp³-hybridized carbons (Fsp3) is 0.192. The lowest BCUT2D eigenvalue weighted by molar-refractivity contribution is -0.140. The van der Waals surface area contributed by atoms with Crippen LogP contribution in [0.3, 0.4) is 0 Å². The number of aryl methyl sites for hydroxylation is 1. The molecule has 0 spiro atoms. The Morgan fingerprint density at radius 1 is 1.15 bits per heavy atom. The van der Waals surface area contributed by atoms with Crippen molar-refractivity contribution < 1.29 is 23.8 Å². The van der Waals surface area contributed by atoms with E-state index in [0.717, 1.165) is 5.56 Å². The number of ketones is 1. The highest BCUT2D eigenvalue weighted by molar-refractivity contribution is 6.46. The number of likely N-dealkylation sites (tertiary alicyclic amines) is 1. The number of Topliss-reactive ketones (excluding diaryl/α,β-unsaturated/α-hetero) is 1. The van der Waals surface area contributed by atoms with Crippen LogP contribution in [0.15, 0.2) is 72.6 Å². The van der Waals surface area contributed by atoms with Crippen molar-refractivity contribution in [2.75, 3.05) is 6.61 Å². The van der Waals surface area contributed by atoms with Crippen molar-refractivity contribution in [3.63, 3.8) is 0 Å². The number of pyridine rings is 1. The lowest BCUT2D eigenvalue weighted by Crippen LogP contribution is -2.29. The molecule has 168 valence electrons. The maximum Gasteiger partial charge on any atom is 0.295 e. The van der Waals surface area contributed by atoms with Gasteiger partial charge >= 0.3 is 0 Å². The van der Waals surface area contributed by atoms with Crippen LogP contribution in [0.4, 0.5) is 4.39 Å². The van der Waals surface area contributed by atoms with Crippen molar-refractivity contribution in [2.45, 2.75) is 26.4 Å². The molecule has 3 aromatic rings. The molecule has 1 fully saturated rings. The summed E-state index contributed by atoms with van der Waals surface area (Å²) in [6, 6.07) is 13.3. The minimum atomic E-state index is -0.878. The third kappa shape index (κ3) is 4.35. The number of carbonyl (C=O) groups is 2. The molecule has 0 aliphatic carbocycles. The van der Waals surface area contributed by atoms with Gasteiger partial charge in [0, 0.05) is 24.5 Å². The standard InChI is InChI=1S/C26H23FN2O4/c1-3-33-20-10-11-21(16(2)13-20)24(30)22-23(18-6-8-19(27)9-7-18)29(26(32)25(22)31)15-17-5-4-12-28-14-17/h4-14,23,30H,3,15H2,1-2H3. The Labute approximate surface area is 191 Å². The smallest absolute Gasteiger partial charge is 0.295 e. The number of aliphatic hydroxyl groups is 1. The summed E-state index contributed by atoms with van der Waals surface area (Å²) >= 11 is 0. The van der Waals surface area contributed by atoms with Crippen LogP contribution in [-0.4, -0.2) is 33.3 Å². The van der Waals surface area contributed by atoms with E-state index in [4.69, 9.17) is 4.74 Å². The Morgan fingerprint density at radius 3 is 2.55 bits per heavy atom. The van der Waals surface area contributed by atoms with Gasteiger partial charge in [0.2, 0.25) is 0 Å². The zero-order valence-electron chi connectivity index (χ0n) is 18.3. The molecule has 33 heavy (non-hydrogen) atoms. The molecule has 0 bridgehead atoms. The summed E-state index contributed by atoms with van der Waals surface area (Å²) in [5.74, 6) is -1.61. The highest BCUT2D eigenvalue weighted by Gasteiger charge is 2.46. The zero-order chi connectivity index (χ0) is 23.5. The minimum Gasteiger partial charge on any atom is -0.507 e. The second-order valence-corrected chi connectivity index (χ2v) is 7.75. The maximum absolute atomic E-state index is 13.6. The highest BCUT2D eigenvalue weighted by Crippen LogP contribution is 2.41. The van der Waals surface area contributed by atoms with Gasteiger partial charge in [0.15, 0.2) is 0 Å². The molecular formula is C26H23FN2O4. The minimum absolute atomic E-state index is 0.0391. The fourth-order valence-corrected chi connectivity index (χ4v) is 4.03. The molecule has 0 saturated carbocycles. The number of carbonyl (C=O) groups excluding carboxylic acids is 2. The average Bonchev–Trinajstić information content (AvgIpc) is 3.05. The topological polar surface area (TPSA) is 79.7 Å². The molecule has 1 saturated heterocycles. The Bertz CT molecular complexity index is 1220. The van der Waals surface area contributed by atoms with Crippen molar-refractivity contribution in [1.82, 2.24) is 9.88 Å². The summed E-state index contributed by atoms with van der Waals surface area (Å²) in [5, 5.41) is 11.2. The fourth-order valence-electron chi connectivity index (χ4n) is 4.03. The van der Waals surface area contributed by atoms with Crippen molar-refractivity contribution in [3.8, 4) is 5.75 Å². The summed E-state index contributed by atoms with van der Waals surface area (Å²) in [6.07, 6.45) is 3.22. The summed E-state index contributed by atoms with van der Waals surface area (Å²) in [6.45, 7) is 4.26. The first-order valence-corrected chi connectivity index (χ1v) is 10.6. The van der Waals surface area contributed by atoms with Gasteiger partial charge < -0.3 is 14.7 Å². The SMILES string of the molecule is CCOc1ccc(C(O)=C2C(=O)C(=O)N(Cc3cccnc3)C2c2ccc(F)cc2)c(C)c1. The van der Waals surface area contributed by atoms with E-state index in [1.807, 2.05) is 6.92 Å². The van der Waals surface area contributed by atoms with Crippen LogP contribution in [0.1, 0.15) is 35.2 Å². The molecule has 0 radical (unpaired) electrons. The maximum atomic E-state index is 13.6. The van der Waals surface area contributed by atoms with Crippen molar-refractivity contribution in [1.29, 1.82) is 0 Å². The van der Waals surface area contributed by atoms with E-state index < -0.39 is 23.5 Å². The van der Waals surface area contributed by atoms with Gasteiger partial charge in [-0.3, -0.25) is 14.6 Å². The number of amides is 1. The molecule has 1 unspecified atom stereocenters. The highest BCUT2D eigenvalue weighted by atomic mass is 19.1. The van der Waals surface area contributed by atoms with Crippen molar-refractivity contribution in [2.24, 2.45) is 0 Å². The van der Waals surface area contributed by atoms with Gasteiger partial charge in [0.1, 0.15) is 17.3 Å². The van der Waals surface area contributed by atoms with E-state index in [2.05, 4.69) is 4.98 Å². The van der Waals surface area contributed by atoms with Crippen molar-refractivity contribution in [3.05, 3.63) is 101 Å². The number of hydrogen-bond donors (Lipinski definition) is 1. The van der Waals surface area contributed by atoms with Crippen LogP contribution in [0.5, 0.6) is 5.75 Å². The normalized spacial score (nSPS) is 17.4. The third-order valence-corrected chi connectivity index (χ3v) is 5.57. The monoisotopic (exact) mass is 446 g/mol. The van der Waals surface area contributed by atoms with Gasteiger partial charge in [-0.1, -0.05) is 18.2 Å². The summed E-state index contributed by atoms with van der Waals surface area (Å²) in [7, 11) is 0. The van der Waals surface area contributed by atoms with Crippen molar-refractivity contribution >= 4 is 17.4 Å². The quantitative estimate of drug-likeness (QED) is 0.341. The largest absolute Gasteiger partial charge is 0.507 e. The summed E-state index contributed by atoms with van der Waals surface area (Å²) in [5.41, 5.74) is 2.32. The Kier molecular flexibility index (Phi) is 6.22. The molecule has 6 nitrogen and oxygen atoms in total. The zero-order valence-corrected chi connectivity index (χ0v) is 18.3. The molecule has 2 aromatic carbocycles. The van der Waals surface area contributed by atoms with Gasteiger partial charge in [0.05, 0.1) is 18.2 Å². The number of halogens is 1. The van der Waals surface area contributed by atoms with Crippen LogP contribution in [0.2, 0.25) is 0 Å². The number of aliphatic hydroxyl groups excluding tert-OH is 1. The lowest BCUT2D eigenvalue weighted by Gasteiger charge is -2.25. The molecule has 1 aliphatic rings. The average molecular weight is 446 g/mol. The number of nitrogens with zero attached hydrogens (tertiary/aromatic N) is 2. The Balaban J connectivity index is 1.85. The number of aromatic nitrogens is 1. The van der Waals surface area contributed by atoms with Crippen LogP contribution < -0.4 is 4.74 Å². The van der Waals surface area contributed by atoms with E-state index >= 15 is 0 Å². The van der Waals surface area contributed by atoms with Gasteiger partial charge in [-0.2, -0.15) is 0 Å². The van der Waals surface area contributed by atoms with Gasteiger partial charge in [-0.15, -0.1) is 0 Å². The van der Waals surface area contributed by atoms with Gasteiger partial charge in [-0.25, -0.2) is 4.39 Å². The van der Waals surface area contributed by atoms with Gasteiger partial charge in [0.25, 0.3) is 11.7 Å². The van der Waals surface area contributed by atoms with E-state index in [1.165, 1.54) is 29.2 Å². The Hall–Kier alpha value is -4.00. The second kappa shape index (κ2) is 9.24. The molecular weight excluding hydrogens is 423 g/mol. The molecule has 1 atom stereocenters. The van der Waals surface area contributed by atoms with E-state index in [9.17, 15) is 19.1 Å². The summed E-state index contributed by atoms with van der Waals surface area (Å²) < 4.78 is 19.1. The van der Waals surface area contributed by atoms with Crippen LogP contribution in [0, 0.1) is 12.7 Å². The van der Waals surface area contributed by atoms with Crippen LogP contribution >= 0.6 is 0 Å². The lowest BCUT2D eigenvalue weighted by atomic mass is 9.93. The van der Waals surface area contributed by atoms with E-state index in [1.54, 1.807) is 49.6 Å². The Morgan fingerprint density at radius 2 is 1.91 bits per heavy atom.